The second-order valence-electron chi connectivity index (χ2n) is 7.41. The molecular formula is C22H23F3N2O3. The van der Waals surface area contributed by atoms with Crippen molar-refractivity contribution in [3.63, 3.8) is 0 Å². The number of alkyl halides is 3. The van der Waals surface area contributed by atoms with Crippen molar-refractivity contribution in [3.05, 3.63) is 59.3 Å². The van der Waals surface area contributed by atoms with Crippen molar-refractivity contribution in [2.45, 2.75) is 31.7 Å². The standard InChI is InChI=1S/C22H23F3N2O3/c23-22(24,25)18-2-4-21(26-12-18)30-19-5-8-27(13-19)20-3-1-16(11-17(20)14-28)15-6-9-29-10-7-15/h1-4,6,11-12,19,28H,5,7-10,13-14H2/t19-/m0/s1. The van der Waals surface area contributed by atoms with E-state index in [-0.39, 0.29) is 18.6 Å². The van der Waals surface area contributed by atoms with E-state index in [4.69, 9.17) is 9.47 Å². The zero-order valence-electron chi connectivity index (χ0n) is 16.4. The largest absolute Gasteiger partial charge is 0.472 e. The minimum absolute atomic E-state index is 0.0740. The summed E-state index contributed by atoms with van der Waals surface area (Å²) in [7, 11) is 0. The number of aliphatic hydroxyl groups is 1. The van der Waals surface area contributed by atoms with Crippen LogP contribution in [-0.4, -0.2) is 42.5 Å². The molecule has 4 rings (SSSR count). The number of hydrogen-bond donors (Lipinski definition) is 1. The molecule has 1 atom stereocenters. The summed E-state index contributed by atoms with van der Waals surface area (Å²) in [6.45, 7) is 2.54. The Bertz CT molecular complexity index is 913. The first-order valence-electron chi connectivity index (χ1n) is 9.90. The minimum Gasteiger partial charge on any atom is -0.472 e. The van der Waals surface area contributed by atoms with Gasteiger partial charge in [0.25, 0.3) is 0 Å². The van der Waals surface area contributed by atoms with E-state index in [1.54, 1.807) is 0 Å². The molecule has 0 aliphatic carbocycles. The summed E-state index contributed by atoms with van der Waals surface area (Å²) in [5.74, 6) is 0.180. The van der Waals surface area contributed by atoms with Gasteiger partial charge in [0.2, 0.25) is 5.88 Å². The van der Waals surface area contributed by atoms with Crippen LogP contribution in [0.15, 0.2) is 42.6 Å². The number of ether oxygens (including phenoxy) is 2. The molecule has 2 aromatic rings. The Kier molecular flexibility index (Phi) is 5.97. The summed E-state index contributed by atoms with van der Waals surface area (Å²) >= 11 is 0. The first kappa shape index (κ1) is 20.7. The van der Waals surface area contributed by atoms with Crippen molar-refractivity contribution in [1.82, 2.24) is 4.98 Å². The molecule has 1 saturated heterocycles. The molecule has 0 bridgehead atoms. The first-order valence-corrected chi connectivity index (χ1v) is 9.90. The number of nitrogens with zero attached hydrogens (tertiary/aromatic N) is 2. The summed E-state index contributed by atoms with van der Waals surface area (Å²) in [6.07, 6.45) is -0.171. The third kappa shape index (κ3) is 4.60. The fraction of sp³-hybridized carbons (Fsp3) is 0.409. The van der Waals surface area contributed by atoms with Gasteiger partial charge in [-0.1, -0.05) is 12.1 Å². The summed E-state index contributed by atoms with van der Waals surface area (Å²) in [4.78, 5) is 5.91. The molecule has 160 valence electrons. The third-order valence-electron chi connectivity index (χ3n) is 5.42. The molecule has 30 heavy (non-hydrogen) atoms. The minimum atomic E-state index is -4.41. The van der Waals surface area contributed by atoms with Crippen LogP contribution in [0.4, 0.5) is 18.9 Å². The highest BCUT2D eigenvalue weighted by atomic mass is 19.4. The molecule has 0 unspecified atom stereocenters. The van der Waals surface area contributed by atoms with E-state index in [0.717, 1.165) is 48.5 Å². The number of aliphatic hydroxyl groups excluding tert-OH is 1. The Morgan fingerprint density at radius 2 is 2.10 bits per heavy atom. The Morgan fingerprint density at radius 3 is 2.77 bits per heavy atom. The van der Waals surface area contributed by atoms with Gasteiger partial charge in [0.05, 0.1) is 31.9 Å². The average Bonchev–Trinajstić information content (AvgIpc) is 3.22. The van der Waals surface area contributed by atoms with E-state index in [2.05, 4.69) is 22.0 Å². The molecule has 0 saturated carbocycles. The lowest BCUT2D eigenvalue weighted by Crippen LogP contribution is -2.25. The maximum absolute atomic E-state index is 12.7. The second-order valence-corrected chi connectivity index (χ2v) is 7.41. The van der Waals surface area contributed by atoms with Crippen molar-refractivity contribution in [2.24, 2.45) is 0 Å². The SMILES string of the molecule is OCc1cc(C2=CCOCC2)ccc1N1CC[C@H](Oc2ccc(C(F)(F)F)cn2)C1. The van der Waals surface area contributed by atoms with E-state index >= 15 is 0 Å². The zero-order chi connectivity index (χ0) is 21.1. The van der Waals surface area contributed by atoms with Crippen LogP contribution in [-0.2, 0) is 17.5 Å². The highest BCUT2D eigenvalue weighted by Gasteiger charge is 2.31. The lowest BCUT2D eigenvalue weighted by molar-refractivity contribution is -0.137. The van der Waals surface area contributed by atoms with Gasteiger partial charge >= 0.3 is 6.18 Å². The fourth-order valence-electron chi connectivity index (χ4n) is 3.84. The monoisotopic (exact) mass is 420 g/mol. The molecule has 8 heteroatoms. The fourth-order valence-corrected chi connectivity index (χ4v) is 3.84. The molecular weight excluding hydrogens is 397 g/mol. The Balaban J connectivity index is 1.43. The molecule has 3 heterocycles. The van der Waals surface area contributed by atoms with E-state index in [1.165, 1.54) is 11.6 Å². The zero-order valence-corrected chi connectivity index (χ0v) is 16.4. The molecule has 2 aliphatic heterocycles. The van der Waals surface area contributed by atoms with E-state index in [9.17, 15) is 18.3 Å². The van der Waals surface area contributed by atoms with Gasteiger partial charge in [-0.3, -0.25) is 0 Å². The molecule has 2 aliphatic rings. The van der Waals surface area contributed by atoms with Gasteiger partial charge in [0.1, 0.15) is 6.10 Å². The van der Waals surface area contributed by atoms with Crippen LogP contribution in [0.2, 0.25) is 0 Å². The van der Waals surface area contributed by atoms with Gasteiger partial charge in [-0.25, -0.2) is 4.98 Å². The molecule has 1 N–H and O–H groups in total. The van der Waals surface area contributed by atoms with Crippen molar-refractivity contribution in [1.29, 1.82) is 0 Å². The molecule has 1 fully saturated rings. The number of rotatable bonds is 5. The number of halogens is 3. The van der Waals surface area contributed by atoms with Crippen molar-refractivity contribution in [3.8, 4) is 5.88 Å². The summed E-state index contributed by atoms with van der Waals surface area (Å²) in [6, 6.07) is 8.30. The average molecular weight is 420 g/mol. The summed E-state index contributed by atoms with van der Waals surface area (Å²) < 4.78 is 49.1. The van der Waals surface area contributed by atoms with Gasteiger partial charge in [0, 0.05) is 36.5 Å². The van der Waals surface area contributed by atoms with Gasteiger partial charge < -0.3 is 19.5 Å². The van der Waals surface area contributed by atoms with Gasteiger partial charge in [-0.2, -0.15) is 13.2 Å². The van der Waals surface area contributed by atoms with Gasteiger partial charge in [0.15, 0.2) is 0 Å². The van der Waals surface area contributed by atoms with Crippen LogP contribution < -0.4 is 9.64 Å². The number of benzene rings is 1. The predicted octanol–water partition coefficient (Wildman–Crippen LogP) is 4.05. The Morgan fingerprint density at radius 1 is 1.23 bits per heavy atom. The van der Waals surface area contributed by atoms with E-state index < -0.39 is 11.7 Å². The quantitative estimate of drug-likeness (QED) is 0.791. The van der Waals surface area contributed by atoms with Crippen LogP contribution >= 0.6 is 0 Å². The van der Waals surface area contributed by atoms with Gasteiger partial charge in [-0.05, 0) is 35.8 Å². The molecule has 1 aromatic heterocycles. The highest BCUT2D eigenvalue weighted by molar-refractivity contribution is 5.70. The predicted molar refractivity (Wildman–Crippen MR) is 106 cm³/mol. The second kappa shape index (κ2) is 8.65. The van der Waals surface area contributed by atoms with Crippen LogP contribution in [0.1, 0.15) is 29.5 Å². The van der Waals surface area contributed by atoms with Crippen molar-refractivity contribution in [2.75, 3.05) is 31.2 Å². The number of aromatic nitrogens is 1. The molecule has 0 radical (unpaired) electrons. The van der Waals surface area contributed by atoms with Gasteiger partial charge in [-0.15, -0.1) is 0 Å². The van der Waals surface area contributed by atoms with Crippen LogP contribution in [0.5, 0.6) is 5.88 Å². The molecule has 0 amide bonds. The maximum atomic E-state index is 12.7. The number of anilines is 1. The first-order chi connectivity index (χ1) is 14.4. The highest BCUT2D eigenvalue weighted by Crippen LogP contribution is 2.32. The van der Waals surface area contributed by atoms with E-state index in [1.807, 2.05) is 12.1 Å². The smallest absolute Gasteiger partial charge is 0.417 e. The van der Waals surface area contributed by atoms with Crippen molar-refractivity contribution >= 4 is 11.3 Å². The lowest BCUT2D eigenvalue weighted by atomic mass is 9.98. The Labute approximate surface area is 172 Å². The summed E-state index contributed by atoms with van der Waals surface area (Å²) in [5, 5.41) is 9.89. The summed E-state index contributed by atoms with van der Waals surface area (Å²) in [5.41, 5.74) is 3.30. The number of pyridine rings is 1. The lowest BCUT2D eigenvalue weighted by Gasteiger charge is -2.23. The maximum Gasteiger partial charge on any atom is 0.417 e. The van der Waals surface area contributed by atoms with E-state index in [0.29, 0.717) is 19.8 Å². The topological polar surface area (TPSA) is 54.8 Å². The number of hydrogen-bond acceptors (Lipinski definition) is 5. The molecule has 1 aromatic carbocycles. The van der Waals surface area contributed by atoms with Crippen LogP contribution in [0.25, 0.3) is 5.57 Å². The normalized spacial score (nSPS) is 19.7. The third-order valence-corrected chi connectivity index (χ3v) is 5.42. The van der Waals surface area contributed by atoms with Crippen molar-refractivity contribution < 1.29 is 27.8 Å². The van der Waals surface area contributed by atoms with Crippen LogP contribution in [0.3, 0.4) is 0 Å². The molecule has 5 nitrogen and oxygen atoms in total. The van der Waals surface area contributed by atoms with Crippen LogP contribution in [0, 0.1) is 0 Å². The molecule has 0 spiro atoms. The Hall–Kier alpha value is -2.58.